The molecule has 0 aliphatic heterocycles. The number of allylic oxidation sites excluding steroid dienone is 2. The summed E-state index contributed by atoms with van der Waals surface area (Å²) in [5.41, 5.74) is 2.31. The highest BCUT2D eigenvalue weighted by Crippen LogP contribution is 2.08. The Balaban J connectivity index is 0. The van der Waals surface area contributed by atoms with E-state index in [1.807, 2.05) is 53.7 Å². The lowest BCUT2D eigenvalue weighted by atomic mass is 10.2. The van der Waals surface area contributed by atoms with Crippen LogP contribution in [0.2, 0.25) is 0 Å². The van der Waals surface area contributed by atoms with Crippen molar-refractivity contribution in [1.29, 1.82) is 0 Å². The van der Waals surface area contributed by atoms with Gasteiger partial charge in [-0.05, 0) is 39.6 Å². The summed E-state index contributed by atoms with van der Waals surface area (Å²) in [7, 11) is 4.23. The fourth-order valence-electron chi connectivity index (χ4n) is 2.19. The Kier molecular flexibility index (Phi) is 17.7. The molecule has 1 N–H and O–H groups in total. The van der Waals surface area contributed by atoms with Crippen molar-refractivity contribution in [3.8, 4) is 0 Å². The van der Waals surface area contributed by atoms with Gasteiger partial charge in [-0.3, -0.25) is 0 Å². The van der Waals surface area contributed by atoms with Crippen LogP contribution >= 0.6 is 0 Å². The summed E-state index contributed by atoms with van der Waals surface area (Å²) in [6.45, 7) is 15.5. The zero-order chi connectivity index (χ0) is 19.7. The summed E-state index contributed by atoms with van der Waals surface area (Å²) in [6, 6.07) is 10.5. The number of hydrogen-bond acceptors (Lipinski definition) is 3. The summed E-state index contributed by atoms with van der Waals surface area (Å²) < 4.78 is 0. The quantitative estimate of drug-likeness (QED) is 0.495. The van der Waals surface area contributed by atoms with Crippen molar-refractivity contribution >= 4 is 0 Å². The molecule has 1 aromatic carbocycles. The molecule has 0 radical (unpaired) electrons. The number of nitrogens with zero attached hydrogens (tertiary/aromatic N) is 2. The first-order chi connectivity index (χ1) is 12.1. The molecule has 0 heterocycles. The molecule has 0 saturated carbocycles. The third-order valence-corrected chi connectivity index (χ3v) is 3.55. The van der Waals surface area contributed by atoms with E-state index in [2.05, 4.69) is 48.2 Å². The third-order valence-electron chi connectivity index (χ3n) is 3.55. The lowest BCUT2D eigenvalue weighted by Crippen LogP contribution is -2.32. The van der Waals surface area contributed by atoms with Crippen molar-refractivity contribution in [2.45, 2.75) is 48.1 Å². The Hall–Kier alpha value is -1.58. The molecule has 0 spiro atoms. The summed E-state index contributed by atoms with van der Waals surface area (Å²) in [6.07, 6.45) is 3.71. The average molecular weight is 349 g/mol. The molecule has 3 nitrogen and oxygen atoms in total. The average Bonchev–Trinajstić information content (AvgIpc) is 2.67. The second-order valence-corrected chi connectivity index (χ2v) is 5.45. The zero-order valence-corrected chi connectivity index (χ0v) is 17.7. The maximum Gasteiger partial charge on any atom is 0.115 e. The highest BCUT2D eigenvalue weighted by molar-refractivity contribution is 5.25. The predicted octanol–water partition coefficient (Wildman–Crippen LogP) is 5.51. The van der Waals surface area contributed by atoms with Crippen molar-refractivity contribution < 1.29 is 5.11 Å². The highest BCUT2D eigenvalue weighted by atomic mass is 16.3. The molecular formula is C22H40N2O. The van der Waals surface area contributed by atoms with Gasteiger partial charge < -0.3 is 14.9 Å². The van der Waals surface area contributed by atoms with Crippen molar-refractivity contribution in [2.24, 2.45) is 0 Å². The van der Waals surface area contributed by atoms with Crippen molar-refractivity contribution in [3.63, 3.8) is 0 Å². The maximum absolute atomic E-state index is 9.79. The molecule has 1 rings (SSSR count). The van der Waals surface area contributed by atoms with Crippen LogP contribution in [0.15, 0.2) is 53.8 Å². The van der Waals surface area contributed by atoms with Crippen LogP contribution < -0.4 is 0 Å². The lowest BCUT2D eigenvalue weighted by Gasteiger charge is -2.23. The summed E-state index contributed by atoms with van der Waals surface area (Å²) in [5, 5.41) is 9.79. The maximum atomic E-state index is 9.79. The van der Waals surface area contributed by atoms with E-state index in [-0.39, 0.29) is 0 Å². The standard InChI is InChI=1S/C18H28N2O.2C2H6/c1-5-17(18(21)6-2)15-20(4)13-12-19(3)14-16-10-8-7-9-11-16;2*1-2/h5-11,21H,12-15H2,1-4H3;2*1-2H3/b17-5-,18-6+;;. The van der Waals surface area contributed by atoms with Gasteiger partial charge in [0.25, 0.3) is 0 Å². The molecule has 0 bridgehead atoms. The Morgan fingerprint density at radius 3 is 1.88 bits per heavy atom. The first kappa shape index (κ1) is 25.7. The van der Waals surface area contributed by atoms with E-state index < -0.39 is 0 Å². The molecule has 0 aliphatic carbocycles. The molecular weight excluding hydrogens is 308 g/mol. The Bertz CT molecular complexity index is 466. The van der Waals surface area contributed by atoms with Gasteiger partial charge in [-0.25, -0.2) is 0 Å². The van der Waals surface area contributed by atoms with Gasteiger partial charge in [0, 0.05) is 31.8 Å². The number of rotatable bonds is 8. The first-order valence-electron chi connectivity index (χ1n) is 9.48. The van der Waals surface area contributed by atoms with Crippen LogP contribution in [0.1, 0.15) is 47.1 Å². The van der Waals surface area contributed by atoms with Crippen LogP contribution in [0.4, 0.5) is 0 Å². The normalized spacial score (nSPS) is 11.6. The molecule has 0 unspecified atom stereocenters. The number of aliphatic hydroxyl groups is 1. The minimum absolute atomic E-state index is 0.377. The smallest absolute Gasteiger partial charge is 0.115 e. The van der Waals surface area contributed by atoms with E-state index in [1.165, 1.54) is 5.56 Å². The summed E-state index contributed by atoms with van der Waals surface area (Å²) >= 11 is 0. The Morgan fingerprint density at radius 1 is 0.880 bits per heavy atom. The second-order valence-electron chi connectivity index (χ2n) is 5.45. The van der Waals surface area contributed by atoms with Gasteiger partial charge in [-0.15, -0.1) is 0 Å². The zero-order valence-electron chi connectivity index (χ0n) is 17.7. The molecule has 0 atom stereocenters. The van der Waals surface area contributed by atoms with Crippen molar-refractivity contribution in [3.05, 3.63) is 59.4 Å². The third kappa shape index (κ3) is 12.4. The molecule has 144 valence electrons. The molecule has 0 aromatic heterocycles. The predicted molar refractivity (Wildman–Crippen MR) is 113 cm³/mol. The minimum atomic E-state index is 0.377. The van der Waals surface area contributed by atoms with E-state index in [4.69, 9.17) is 0 Å². The van der Waals surface area contributed by atoms with Gasteiger partial charge >= 0.3 is 0 Å². The fraction of sp³-hybridized carbons (Fsp3) is 0.545. The first-order valence-corrected chi connectivity index (χ1v) is 9.48. The SMILES string of the molecule is C/C=C(CN(C)CCN(C)Cc1ccccc1)\C(O)=C/C.CC.CC. The van der Waals surface area contributed by atoms with Crippen LogP contribution in [0.25, 0.3) is 0 Å². The van der Waals surface area contributed by atoms with Crippen LogP contribution in [0.3, 0.4) is 0 Å². The molecule has 0 saturated heterocycles. The molecule has 0 aliphatic rings. The van der Waals surface area contributed by atoms with Gasteiger partial charge in [-0.2, -0.15) is 0 Å². The topological polar surface area (TPSA) is 26.7 Å². The van der Waals surface area contributed by atoms with E-state index in [9.17, 15) is 5.11 Å². The molecule has 0 amide bonds. The molecule has 25 heavy (non-hydrogen) atoms. The van der Waals surface area contributed by atoms with E-state index in [0.29, 0.717) is 5.76 Å². The minimum Gasteiger partial charge on any atom is -0.508 e. The van der Waals surface area contributed by atoms with Gasteiger partial charge in [0.2, 0.25) is 0 Å². The van der Waals surface area contributed by atoms with Crippen molar-refractivity contribution in [2.75, 3.05) is 33.7 Å². The van der Waals surface area contributed by atoms with Crippen LogP contribution in [0, 0.1) is 0 Å². The number of hydrogen-bond donors (Lipinski definition) is 1. The van der Waals surface area contributed by atoms with Crippen molar-refractivity contribution in [1.82, 2.24) is 9.80 Å². The Morgan fingerprint density at radius 2 is 1.40 bits per heavy atom. The van der Waals surface area contributed by atoms with Crippen LogP contribution in [-0.2, 0) is 6.54 Å². The highest BCUT2D eigenvalue weighted by Gasteiger charge is 2.07. The van der Waals surface area contributed by atoms with Gasteiger partial charge in [0.15, 0.2) is 0 Å². The van der Waals surface area contributed by atoms with Gasteiger partial charge in [0.05, 0.1) is 0 Å². The second kappa shape index (κ2) is 17.2. The summed E-state index contributed by atoms with van der Waals surface area (Å²) in [5.74, 6) is 0.377. The van der Waals surface area contributed by atoms with Gasteiger partial charge in [-0.1, -0.05) is 64.1 Å². The summed E-state index contributed by atoms with van der Waals surface area (Å²) in [4.78, 5) is 4.55. The van der Waals surface area contributed by atoms with E-state index in [1.54, 1.807) is 6.08 Å². The number of likely N-dealkylation sites (N-methyl/N-ethyl adjacent to an activating group) is 2. The number of aliphatic hydroxyl groups excluding tert-OH is 1. The number of benzene rings is 1. The largest absolute Gasteiger partial charge is 0.508 e. The monoisotopic (exact) mass is 348 g/mol. The molecule has 1 aromatic rings. The van der Waals surface area contributed by atoms with E-state index in [0.717, 1.165) is 31.8 Å². The Labute approximate surface area is 156 Å². The molecule has 3 heteroatoms. The van der Waals surface area contributed by atoms with Crippen LogP contribution in [0.5, 0.6) is 0 Å². The molecule has 0 fully saturated rings. The fourth-order valence-corrected chi connectivity index (χ4v) is 2.19. The lowest BCUT2D eigenvalue weighted by molar-refractivity contribution is 0.259. The van der Waals surface area contributed by atoms with Gasteiger partial charge in [0.1, 0.15) is 5.76 Å². The van der Waals surface area contributed by atoms with E-state index >= 15 is 0 Å². The van der Waals surface area contributed by atoms with Crippen LogP contribution in [-0.4, -0.2) is 48.6 Å².